The van der Waals surface area contributed by atoms with E-state index in [-0.39, 0.29) is 12.5 Å². The van der Waals surface area contributed by atoms with Crippen molar-refractivity contribution in [2.45, 2.75) is 26.2 Å². The third-order valence-electron chi connectivity index (χ3n) is 3.93. The number of amides is 2. The molecule has 1 unspecified atom stereocenters. The van der Waals surface area contributed by atoms with Gasteiger partial charge in [-0.1, -0.05) is 19.8 Å². The van der Waals surface area contributed by atoms with Crippen molar-refractivity contribution >= 4 is 28.8 Å². The Morgan fingerprint density at radius 2 is 2.15 bits per heavy atom. The van der Waals surface area contributed by atoms with Crippen LogP contribution in [0.3, 0.4) is 0 Å². The molecule has 1 aromatic heterocycles. The van der Waals surface area contributed by atoms with E-state index < -0.39 is 5.92 Å². The third kappa shape index (κ3) is 5.53. The zero-order valence-electron chi connectivity index (χ0n) is 14.8. The van der Waals surface area contributed by atoms with Crippen molar-refractivity contribution in [1.29, 1.82) is 0 Å². The number of carbonyl (C=O) groups excluding carboxylic acids is 2. The largest absolute Gasteiger partial charge is 0.497 e. The van der Waals surface area contributed by atoms with Gasteiger partial charge in [-0.3, -0.25) is 14.8 Å². The van der Waals surface area contributed by atoms with Gasteiger partial charge in [0.2, 0.25) is 12.3 Å². The number of ether oxygens (including phenoxy) is 1. The van der Waals surface area contributed by atoms with Gasteiger partial charge >= 0.3 is 0 Å². The van der Waals surface area contributed by atoms with Crippen molar-refractivity contribution in [3.05, 3.63) is 29.6 Å². The first-order valence-electron chi connectivity index (χ1n) is 8.39. The SMILES string of the molecule is CCCCC(CN(O)C=O)C(=O)Nc1nc(-c2ccc(OC)cc2)cs1. The summed E-state index contributed by atoms with van der Waals surface area (Å²) in [7, 11) is 1.61. The Kier molecular flexibility index (Phi) is 7.55. The summed E-state index contributed by atoms with van der Waals surface area (Å²) < 4.78 is 5.14. The summed E-state index contributed by atoms with van der Waals surface area (Å²) in [5, 5.41) is 15.0. The van der Waals surface area contributed by atoms with E-state index >= 15 is 0 Å². The lowest BCUT2D eigenvalue weighted by Gasteiger charge is -2.18. The lowest BCUT2D eigenvalue weighted by molar-refractivity contribution is -0.153. The number of anilines is 1. The van der Waals surface area contributed by atoms with Gasteiger partial charge < -0.3 is 10.1 Å². The van der Waals surface area contributed by atoms with E-state index in [1.165, 1.54) is 11.3 Å². The maximum absolute atomic E-state index is 12.5. The van der Waals surface area contributed by atoms with Crippen LogP contribution in [-0.4, -0.2) is 41.2 Å². The topological polar surface area (TPSA) is 91.8 Å². The average molecular weight is 377 g/mol. The Balaban J connectivity index is 2.04. The van der Waals surface area contributed by atoms with Crippen LogP contribution in [0.25, 0.3) is 11.3 Å². The molecule has 1 aromatic carbocycles. The predicted molar refractivity (Wildman–Crippen MR) is 100 cm³/mol. The van der Waals surface area contributed by atoms with Gasteiger partial charge in [-0.15, -0.1) is 11.3 Å². The predicted octanol–water partition coefficient (Wildman–Crippen LogP) is 3.41. The molecule has 0 radical (unpaired) electrons. The number of methoxy groups -OCH3 is 1. The van der Waals surface area contributed by atoms with Crippen molar-refractivity contribution < 1.29 is 19.5 Å². The number of hydroxylamine groups is 2. The summed E-state index contributed by atoms with van der Waals surface area (Å²) in [4.78, 5) is 27.5. The molecule has 0 aliphatic heterocycles. The molecule has 0 saturated carbocycles. The Bertz CT molecular complexity index is 717. The maximum atomic E-state index is 12.5. The second-order valence-electron chi connectivity index (χ2n) is 5.82. The van der Waals surface area contributed by atoms with Gasteiger partial charge in [0.25, 0.3) is 0 Å². The number of nitrogens with one attached hydrogen (secondary N) is 1. The van der Waals surface area contributed by atoms with Crippen molar-refractivity contribution in [2.75, 3.05) is 19.0 Å². The monoisotopic (exact) mass is 377 g/mol. The van der Waals surface area contributed by atoms with Crippen molar-refractivity contribution in [2.24, 2.45) is 5.92 Å². The quantitative estimate of drug-likeness (QED) is 0.376. The van der Waals surface area contributed by atoms with Crippen LogP contribution in [0.2, 0.25) is 0 Å². The molecule has 2 N–H and O–H groups in total. The van der Waals surface area contributed by atoms with Crippen LogP contribution in [0, 0.1) is 5.92 Å². The van der Waals surface area contributed by atoms with E-state index in [1.54, 1.807) is 7.11 Å². The minimum atomic E-state index is -0.488. The molecule has 0 aliphatic rings. The van der Waals surface area contributed by atoms with Gasteiger partial charge in [-0.2, -0.15) is 0 Å². The molecule has 2 rings (SSSR count). The van der Waals surface area contributed by atoms with Gasteiger partial charge in [-0.25, -0.2) is 10.0 Å². The van der Waals surface area contributed by atoms with Crippen molar-refractivity contribution in [3.63, 3.8) is 0 Å². The highest BCUT2D eigenvalue weighted by atomic mass is 32.1. The van der Waals surface area contributed by atoms with Gasteiger partial charge in [0.1, 0.15) is 5.75 Å². The van der Waals surface area contributed by atoms with E-state index in [1.807, 2.05) is 36.6 Å². The second kappa shape index (κ2) is 9.88. The normalized spacial score (nSPS) is 11.7. The number of aromatic nitrogens is 1. The van der Waals surface area contributed by atoms with Gasteiger partial charge in [-0.05, 0) is 30.7 Å². The summed E-state index contributed by atoms with van der Waals surface area (Å²) in [6, 6.07) is 7.50. The van der Waals surface area contributed by atoms with E-state index in [0.717, 1.165) is 29.8 Å². The maximum Gasteiger partial charge on any atom is 0.233 e. The van der Waals surface area contributed by atoms with Gasteiger partial charge in [0, 0.05) is 10.9 Å². The lowest BCUT2D eigenvalue weighted by atomic mass is 10.0. The number of rotatable bonds is 10. The number of unbranched alkanes of at least 4 members (excludes halogenated alkanes) is 1. The molecule has 0 spiro atoms. The highest BCUT2D eigenvalue weighted by Gasteiger charge is 2.21. The molecular weight excluding hydrogens is 354 g/mol. The third-order valence-corrected chi connectivity index (χ3v) is 4.68. The first-order chi connectivity index (χ1) is 12.6. The van der Waals surface area contributed by atoms with Crippen LogP contribution in [0.15, 0.2) is 29.6 Å². The summed E-state index contributed by atoms with van der Waals surface area (Å²) in [5.74, 6) is 0.0217. The number of nitrogens with zero attached hydrogens (tertiary/aromatic N) is 2. The molecule has 2 amide bonds. The smallest absolute Gasteiger partial charge is 0.233 e. The molecule has 0 fully saturated rings. The molecule has 7 nitrogen and oxygen atoms in total. The van der Waals surface area contributed by atoms with Crippen molar-refractivity contribution in [1.82, 2.24) is 10.0 Å². The van der Waals surface area contributed by atoms with Gasteiger partial charge in [0.15, 0.2) is 5.13 Å². The Labute approximate surface area is 156 Å². The number of hydrogen-bond acceptors (Lipinski definition) is 6. The van der Waals surface area contributed by atoms with Gasteiger partial charge in [0.05, 0.1) is 25.3 Å². The van der Waals surface area contributed by atoms with Crippen LogP contribution in [0.4, 0.5) is 5.13 Å². The lowest BCUT2D eigenvalue weighted by Crippen LogP contribution is -2.33. The molecule has 0 bridgehead atoms. The minimum absolute atomic E-state index is 0.0357. The first kappa shape index (κ1) is 19.9. The molecule has 0 saturated heterocycles. The Morgan fingerprint density at radius 3 is 2.77 bits per heavy atom. The number of carbonyl (C=O) groups is 2. The van der Waals surface area contributed by atoms with Crippen LogP contribution < -0.4 is 10.1 Å². The zero-order valence-corrected chi connectivity index (χ0v) is 15.7. The Morgan fingerprint density at radius 1 is 1.42 bits per heavy atom. The molecular formula is C18H23N3O4S. The zero-order chi connectivity index (χ0) is 18.9. The molecule has 1 atom stereocenters. The molecule has 26 heavy (non-hydrogen) atoms. The fraction of sp³-hybridized carbons (Fsp3) is 0.389. The number of thiazole rings is 1. The fourth-order valence-corrected chi connectivity index (χ4v) is 3.18. The second-order valence-corrected chi connectivity index (χ2v) is 6.68. The first-order valence-corrected chi connectivity index (χ1v) is 9.27. The van der Waals surface area contributed by atoms with E-state index in [0.29, 0.717) is 23.0 Å². The minimum Gasteiger partial charge on any atom is -0.497 e. The number of benzene rings is 1. The molecule has 1 heterocycles. The highest BCUT2D eigenvalue weighted by molar-refractivity contribution is 7.14. The standard InChI is InChI=1S/C18H23N3O4S/c1-3-4-5-14(10-21(24)12-22)17(23)20-18-19-16(11-26-18)13-6-8-15(25-2)9-7-13/h6-9,11-12,14,24H,3-5,10H2,1-2H3,(H,19,20,23). The van der Waals surface area contributed by atoms with Crippen LogP contribution >= 0.6 is 11.3 Å². The highest BCUT2D eigenvalue weighted by Crippen LogP contribution is 2.27. The summed E-state index contributed by atoms with van der Waals surface area (Å²) in [6.07, 6.45) is 2.65. The molecule has 0 aliphatic carbocycles. The van der Waals surface area contributed by atoms with E-state index in [4.69, 9.17) is 4.74 Å². The summed E-state index contributed by atoms with van der Waals surface area (Å²) >= 11 is 1.33. The summed E-state index contributed by atoms with van der Waals surface area (Å²) in [5.41, 5.74) is 1.68. The average Bonchev–Trinajstić information content (AvgIpc) is 3.13. The van der Waals surface area contributed by atoms with Crippen LogP contribution in [-0.2, 0) is 9.59 Å². The van der Waals surface area contributed by atoms with E-state index in [9.17, 15) is 14.8 Å². The van der Waals surface area contributed by atoms with Crippen molar-refractivity contribution in [3.8, 4) is 17.0 Å². The molecule has 8 heteroatoms. The van der Waals surface area contributed by atoms with Crippen LogP contribution in [0.1, 0.15) is 26.2 Å². The fourth-order valence-electron chi connectivity index (χ4n) is 2.46. The molecule has 2 aromatic rings. The van der Waals surface area contributed by atoms with Crippen LogP contribution in [0.5, 0.6) is 5.75 Å². The number of hydrogen-bond donors (Lipinski definition) is 2. The molecule has 140 valence electrons. The van der Waals surface area contributed by atoms with E-state index in [2.05, 4.69) is 10.3 Å². The summed E-state index contributed by atoms with van der Waals surface area (Å²) in [6.45, 7) is 1.99. The Hall–Kier alpha value is -2.45.